The third kappa shape index (κ3) is 6.11. The van der Waals surface area contributed by atoms with E-state index in [1.807, 2.05) is 6.92 Å². The number of nitrogens with one attached hydrogen (secondary N) is 1. The van der Waals surface area contributed by atoms with E-state index in [-0.39, 0.29) is 4.90 Å². The second-order valence-corrected chi connectivity index (χ2v) is 9.07. The molecule has 0 saturated carbocycles. The number of hydrogen-bond acceptors (Lipinski definition) is 5. The number of methoxy groups -OCH3 is 1. The van der Waals surface area contributed by atoms with Crippen molar-refractivity contribution < 1.29 is 17.9 Å². The van der Waals surface area contributed by atoms with Crippen LogP contribution in [0.25, 0.3) is 0 Å². The first-order valence-corrected chi connectivity index (χ1v) is 11.6. The molecule has 6 nitrogen and oxygen atoms in total. The maximum Gasteiger partial charge on any atom is 0.261 e. The van der Waals surface area contributed by atoms with E-state index in [9.17, 15) is 8.42 Å². The van der Waals surface area contributed by atoms with Gasteiger partial charge in [-0.05, 0) is 63.5 Å². The van der Waals surface area contributed by atoms with Gasteiger partial charge in [-0.1, -0.05) is 24.1 Å². The second kappa shape index (κ2) is 9.98. The summed E-state index contributed by atoms with van der Waals surface area (Å²) in [5.74, 6) is 1.12. The van der Waals surface area contributed by atoms with Crippen molar-refractivity contribution in [1.82, 2.24) is 4.90 Å². The first-order valence-electron chi connectivity index (χ1n) is 10.1. The van der Waals surface area contributed by atoms with Crippen LogP contribution in [0.4, 0.5) is 5.69 Å². The summed E-state index contributed by atoms with van der Waals surface area (Å²) in [6, 6.07) is 11.8. The molecule has 1 aliphatic heterocycles. The number of benzene rings is 2. The van der Waals surface area contributed by atoms with E-state index in [0.717, 1.165) is 18.5 Å². The molecule has 1 aliphatic rings. The van der Waals surface area contributed by atoms with Crippen LogP contribution >= 0.6 is 0 Å². The van der Waals surface area contributed by atoms with Crippen LogP contribution < -0.4 is 14.2 Å². The van der Waals surface area contributed by atoms with Gasteiger partial charge in [-0.2, -0.15) is 0 Å². The Morgan fingerprint density at radius 1 is 1.00 bits per heavy atom. The topological polar surface area (TPSA) is 67.9 Å². The van der Waals surface area contributed by atoms with Gasteiger partial charge in [-0.25, -0.2) is 8.42 Å². The molecule has 2 aromatic rings. The largest absolute Gasteiger partial charge is 0.493 e. The highest BCUT2D eigenvalue weighted by Gasteiger charge is 2.16. The fourth-order valence-electron chi connectivity index (χ4n) is 3.44. The van der Waals surface area contributed by atoms with Crippen LogP contribution in [0.2, 0.25) is 0 Å². The Morgan fingerprint density at radius 3 is 2.41 bits per heavy atom. The minimum Gasteiger partial charge on any atom is -0.493 e. The summed E-state index contributed by atoms with van der Waals surface area (Å²) in [6.45, 7) is 5.91. The van der Waals surface area contributed by atoms with Crippen LogP contribution in [0.1, 0.15) is 31.2 Å². The summed E-state index contributed by atoms with van der Waals surface area (Å²) >= 11 is 0. The lowest BCUT2D eigenvalue weighted by molar-refractivity contribution is 0.203. The van der Waals surface area contributed by atoms with Gasteiger partial charge < -0.3 is 14.4 Å². The molecule has 0 bridgehead atoms. The highest BCUT2D eigenvalue weighted by molar-refractivity contribution is 7.92. The van der Waals surface area contributed by atoms with E-state index >= 15 is 0 Å². The highest BCUT2D eigenvalue weighted by Crippen LogP contribution is 2.31. The molecule has 0 amide bonds. The number of hydrogen-bond donors (Lipinski definition) is 1. The lowest BCUT2D eigenvalue weighted by Gasteiger charge is -2.26. The third-order valence-electron chi connectivity index (χ3n) is 5.07. The van der Waals surface area contributed by atoms with Gasteiger partial charge in [0.05, 0.1) is 24.3 Å². The monoisotopic (exact) mass is 418 g/mol. The summed E-state index contributed by atoms with van der Waals surface area (Å²) in [4.78, 5) is 2.70. The Bertz CT molecular complexity index is 892. The molecule has 1 saturated heterocycles. The van der Waals surface area contributed by atoms with E-state index in [2.05, 4.69) is 9.62 Å². The van der Waals surface area contributed by atoms with Gasteiger partial charge >= 0.3 is 0 Å². The number of sulfonamides is 1. The lowest BCUT2D eigenvalue weighted by Crippen LogP contribution is -2.31. The van der Waals surface area contributed by atoms with Gasteiger partial charge in [-0.15, -0.1) is 0 Å². The molecule has 3 rings (SSSR count). The molecular formula is C22H30N2O4S. The first-order chi connectivity index (χ1) is 14.0. The molecule has 7 heteroatoms. The van der Waals surface area contributed by atoms with Gasteiger partial charge in [-0.3, -0.25) is 4.72 Å². The Labute approximate surface area is 173 Å². The summed E-state index contributed by atoms with van der Waals surface area (Å²) in [7, 11) is -2.10. The maximum absolute atomic E-state index is 12.6. The molecule has 1 N–H and O–H groups in total. The molecule has 0 aliphatic carbocycles. The van der Waals surface area contributed by atoms with Crippen molar-refractivity contribution in [2.75, 3.05) is 38.1 Å². The number of piperidine rings is 1. The van der Waals surface area contributed by atoms with Gasteiger partial charge in [0.25, 0.3) is 10.0 Å². The Balaban J connectivity index is 1.58. The fourth-order valence-corrected chi connectivity index (χ4v) is 4.48. The van der Waals surface area contributed by atoms with Crippen LogP contribution in [0.15, 0.2) is 47.4 Å². The van der Waals surface area contributed by atoms with Crippen molar-refractivity contribution in [3.8, 4) is 11.5 Å². The number of rotatable bonds is 9. The normalized spacial score (nSPS) is 15.1. The predicted molar refractivity (Wildman–Crippen MR) is 115 cm³/mol. The summed E-state index contributed by atoms with van der Waals surface area (Å²) in [6.07, 6.45) is 4.86. The first kappa shape index (κ1) is 21.5. The number of likely N-dealkylation sites (tertiary alicyclic amines) is 1. The zero-order valence-corrected chi connectivity index (χ0v) is 18.0. The molecule has 0 unspecified atom stereocenters. The molecule has 29 heavy (non-hydrogen) atoms. The van der Waals surface area contributed by atoms with Crippen molar-refractivity contribution in [2.45, 2.75) is 37.5 Å². The van der Waals surface area contributed by atoms with Crippen LogP contribution in [0.3, 0.4) is 0 Å². The summed E-state index contributed by atoms with van der Waals surface area (Å²) in [5, 5.41) is 0. The average Bonchev–Trinajstić information content (AvgIpc) is 2.72. The second-order valence-electron chi connectivity index (χ2n) is 7.39. The molecule has 0 spiro atoms. The van der Waals surface area contributed by atoms with E-state index in [0.29, 0.717) is 23.8 Å². The van der Waals surface area contributed by atoms with Crippen molar-refractivity contribution >= 4 is 15.7 Å². The van der Waals surface area contributed by atoms with Gasteiger partial charge in [0.15, 0.2) is 11.5 Å². The standard InChI is InChI=1S/C22H30N2O4S/c1-18-7-10-20(11-8-18)29(25,26)23-19-9-12-21(22(17-19)27-2)28-16-6-15-24-13-4-3-5-14-24/h7-12,17,23H,3-6,13-16H2,1-2H3. The predicted octanol–water partition coefficient (Wildman–Crippen LogP) is 4.06. The van der Waals surface area contributed by atoms with E-state index < -0.39 is 10.0 Å². The number of aryl methyl sites for hydroxylation is 1. The summed E-state index contributed by atoms with van der Waals surface area (Å²) < 4.78 is 39.0. The molecule has 0 atom stereocenters. The van der Waals surface area contributed by atoms with Crippen molar-refractivity contribution in [1.29, 1.82) is 0 Å². The highest BCUT2D eigenvalue weighted by atomic mass is 32.2. The Hall–Kier alpha value is -2.25. The molecule has 158 valence electrons. The van der Waals surface area contributed by atoms with E-state index in [1.165, 1.54) is 32.4 Å². The molecule has 1 heterocycles. The van der Waals surface area contributed by atoms with Crippen molar-refractivity contribution in [3.63, 3.8) is 0 Å². The van der Waals surface area contributed by atoms with Crippen LogP contribution in [0.5, 0.6) is 11.5 Å². The molecule has 2 aromatic carbocycles. The molecule has 1 fully saturated rings. The van der Waals surface area contributed by atoms with Gasteiger partial charge in [0.1, 0.15) is 0 Å². The van der Waals surface area contributed by atoms with Crippen LogP contribution in [-0.4, -0.2) is 46.7 Å². The molecule has 0 aromatic heterocycles. The van der Waals surface area contributed by atoms with E-state index in [1.54, 1.807) is 49.6 Å². The average molecular weight is 419 g/mol. The van der Waals surface area contributed by atoms with Gasteiger partial charge in [0.2, 0.25) is 0 Å². The Morgan fingerprint density at radius 2 is 1.72 bits per heavy atom. The fraction of sp³-hybridized carbons (Fsp3) is 0.455. The molecular weight excluding hydrogens is 388 g/mol. The third-order valence-corrected chi connectivity index (χ3v) is 6.47. The number of anilines is 1. The van der Waals surface area contributed by atoms with Crippen molar-refractivity contribution in [2.24, 2.45) is 0 Å². The zero-order chi connectivity index (χ0) is 20.7. The zero-order valence-electron chi connectivity index (χ0n) is 17.2. The smallest absolute Gasteiger partial charge is 0.261 e. The maximum atomic E-state index is 12.6. The Kier molecular flexibility index (Phi) is 7.39. The van der Waals surface area contributed by atoms with Crippen molar-refractivity contribution in [3.05, 3.63) is 48.0 Å². The van der Waals surface area contributed by atoms with E-state index in [4.69, 9.17) is 9.47 Å². The number of ether oxygens (including phenoxy) is 2. The lowest BCUT2D eigenvalue weighted by atomic mass is 10.1. The molecule has 0 radical (unpaired) electrons. The van der Waals surface area contributed by atoms with Crippen LogP contribution in [-0.2, 0) is 10.0 Å². The minimum atomic E-state index is -3.65. The van der Waals surface area contributed by atoms with Crippen LogP contribution in [0, 0.1) is 6.92 Å². The van der Waals surface area contributed by atoms with Gasteiger partial charge in [0, 0.05) is 12.6 Å². The number of nitrogens with zero attached hydrogens (tertiary/aromatic N) is 1. The minimum absolute atomic E-state index is 0.222. The summed E-state index contributed by atoms with van der Waals surface area (Å²) in [5.41, 5.74) is 1.44. The SMILES string of the molecule is COc1cc(NS(=O)(=O)c2ccc(C)cc2)ccc1OCCCN1CCCCC1. The quantitative estimate of drug-likeness (QED) is 0.622.